The van der Waals surface area contributed by atoms with Gasteiger partial charge in [-0.2, -0.15) is 0 Å². The number of halogens is 1. The lowest BCUT2D eigenvalue weighted by molar-refractivity contribution is 0.0507. The molecular weight excluding hydrogens is 362 g/mol. The molecule has 0 saturated heterocycles. The fourth-order valence-electron chi connectivity index (χ4n) is 2.78. The molecular formula is C21H22ClN3O2. The molecule has 0 spiro atoms. The summed E-state index contributed by atoms with van der Waals surface area (Å²) in [5, 5.41) is 4.32. The Bertz CT molecular complexity index is 968. The van der Waals surface area contributed by atoms with Gasteiger partial charge in [0.1, 0.15) is 5.60 Å². The molecule has 0 bridgehead atoms. The molecule has 27 heavy (non-hydrogen) atoms. The predicted molar refractivity (Wildman–Crippen MR) is 108 cm³/mol. The standard InChI is InChI=1S/C21H22ClN3O2/c1-13(24-20(26)27-21(2,3)4)19-15(17-9-5-6-11-23-17)12-14-16(22)8-7-10-18(14)25-19/h5-13H,1-4H3,(H,24,26)/t13-/m0/s1. The van der Waals surface area contributed by atoms with Crippen molar-refractivity contribution in [2.24, 2.45) is 0 Å². The van der Waals surface area contributed by atoms with E-state index in [-0.39, 0.29) is 6.04 Å². The van der Waals surface area contributed by atoms with E-state index in [9.17, 15) is 4.79 Å². The average molecular weight is 384 g/mol. The van der Waals surface area contributed by atoms with Crippen LogP contribution < -0.4 is 5.32 Å². The number of ether oxygens (including phenoxy) is 1. The lowest BCUT2D eigenvalue weighted by Gasteiger charge is -2.23. The number of fused-ring (bicyclic) bond motifs is 1. The highest BCUT2D eigenvalue weighted by molar-refractivity contribution is 6.35. The average Bonchev–Trinajstić information content (AvgIpc) is 2.60. The van der Waals surface area contributed by atoms with Crippen molar-refractivity contribution in [3.05, 3.63) is 59.4 Å². The Morgan fingerprint density at radius 2 is 1.96 bits per heavy atom. The highest BCUT2D eigenvalue weighted by Crippen LogP contribution is 2.32. The maximum Gasteiger partial charge on any atom is 0.408 e. The molecule has 0 radical (unpaired) electrons. The monoisotopic (exact) mass is 383 g/mol. The summed E-state index contributed by atoms with van der Waals surface area (Å²) >= 11 is 6.36. The van der Waals surface area contributed by atoms with Crippen LogP contribution in [0, 0.1) is 0 Å². The number of hydrogen-bond donors (Lipinski definition) is 1. The van der Waals surface area contributed by atoms with E-state index < -0.39 is 11.7 Å². The molecule has 2 heterocycles. The van der Waals surface area contributed by atoms with Gasteiger partial charge in [0.25, 0.3) is 0 Å². The summed E-state index contributed by atoms with van der Waals surface area (Å²) < 4.78 is 5.37. The van der Waals surface area contributed by atoms with Crippen LogP contribution in [0.2, 0.25) is 5.02 Å². The summed E-state index contributed by atoms with van der Waals surface area (Å²) in [6.45, 7) is 7.35. The van der Waals surface area contributed by atoms with E-state index >= 15 is 0 Å². The number of benzene rings is 1. The maximum atomic E-state index is 12.2. The smallest absolute Gasteiger partial charge is 0.408 e. The van der Waals surface area contributed by atoms with Gasteiger partial charge in [-0.1, -0.05) is 23.7 Å². The van der Waals surface area contributed by atoms with Gasteiger partial charge in [0.2, 0.25) is 0 Å². The molecule has 6 heteroatoms. The second-order valence-corrected chi connectivity index (χ2v) is 7.72. The number of hydrogen-bond acceptors (Lipinski definition) is 4. The van der Waals surface area contributed by atoms with E-state index in [0.717, 1.165) is 22.2 Å². The van der Waals surface area contributed by atoms with Gasteiger partial charge in [-0.25, -0.2) is 9.78 Å². The van der Waals surface area contributed by atoms with Gasteiger partial charge in [0, 0.05) is 22.2 Å². The molecule has 2 aromatic heterocycles. The molecule has 3 rings (SSSR count). The van der Waals surface area contributed by atoms with Crippen molar-refractivity contribution in [3.63, 3.8) is 0 Å². The third-order valence-corrected chi connectivity index (χ3v) is 4.25. The maximum absolute atomic E-state index is 12.2. The quantitative estimate of drug-likeness (QED) is 0.645. The molecule has 0 fully saturated rings. The first-order valence-corrected chi connectivity index (χ1v) is 9.12. The molecule has 0 aliphatic heterocycles. The van der Waals surface area contributed by atoms with Crippen LogP contribution in [-0.4, -0.2) is 21.7 Å². The summed E-state index contributed by atoms with van der Waals surface area (Å²) in [6.07, 6.45) is 1.23. The number of rotatable bonds is 3. The largest absolute Gasteiger partial charge is 0.444 e. The molecule has 0 unspecified atom stereocenters. The molecule has 1 amide bonds. The van der Waals surface area contributed by atoms with Crippen LogP contribution in [0.5, 0.6) is 0 Å². The van der Waals surface area contributed by atoms with Gasteiger partial charge in [-0.15, -0.1) is 0 Å². The second-order valence-electron chi connectivity index (χ2n) is 7.31. The van der Waals surface area contributed by atoms with E-state index in [4.69, 9.17) is 21.3 Å². The Labute approximate surface area is 163 Å². The van der Waals surface area contributed by atoms with Gasteiger partial charge in [-0.05, 0) is 58.0 Å². The van der Waals surface area contributed by atoms with Gasteiger partial charge >= 0.3 is 6.09 Å². The van der Waals surface area contributed by atoms with Crippen LogP contribution >= 0.6 is 11.6 Å². The number of aromatic nitrogens is 2. The normalized spacial score (nSPS) is 12.6. The first kappa shape index (κ1) is 19.1. The number of nitrogens with one attached hydrogen (secondary N) is 1. The number of alkyl carbamates (subject to hydrolysis) is 1. The van der Waals surface area contributed by atoms with Crippen LogP contribution in [0.25, 0.3) is 22.2 Å². The summed E-state index contributed by atoms with van der Waals surface area (Å²) in [7, 11) is 0. The Kier molecular flexibility index (Phi) is 5.33. The van der Waals surface area contributed by atoms with Crippen molar-refractivity contribution >= 4 is 28.6 Å². The molecule has 0 aliphatic carbocycles. The number of pyridine rings is 2. The van der Waals surface area contributed by atoms with Crippen LogP contribution in [-0.2, 0) is 4.74 Å². The SMILES string of the molecule is C[C@H](NC(=O)OC(C)(C)C)c1nc2cccc(Cl)c2cc1-c1ccccn1. The molecule has 1 N–H and O–H groups in total. The number of carbonyl (C=O) groups excluding carboxylic acids is 1. The van der Waals surface area contributed by atoms with Gasteiger partial charge in [-0.3, -0.25) is 4.98 Å². The lowest BCUT2D eigenvalue weighted by atomic mass is 10.0. The van der Waals surface area contributed by atoms with Crippen molar-refractivity contribution in [1.82, 2.24) is 15.3 Å². The zero-order valence-electron chi connectivity index (χ0n) is 15.8. The Morgan fingerprint density at radius 3 is 2.63 bits per heavy atom. The first-order valence-electron chi connectivity index (χ1n) is 8.75. The van der Waals surface area contributed by atoms with E-state index in [1.807, 2.05) is 70.2 Å². The van der Waals surface area contributed by atoms with Crippen LogP contribution in [0.4, 0.5) is 4.79 Å². The summed E-state index contributed by atoms with van der Waals surface area (Å²) in [5.41, 5.74) is 2.47. The van der Waals surface area contributed by atoms with Crippen LogP contribution in [0.3, 0.4) is 0 Å². The van der Waals surface area contributed by atoms with Crippen molar-refractivity contribution in [3.8, 4) is 11.3 Å². The Morgan fingerprint density at radius 1 is 1.19 bits per heavy atom. The van der Waals surface area contributed by atoms with Crippen molar-refractivity contribution in [1.29, 1.82) is 0 Å². The second kappa shape index (κ2) is 7.53. The zero-order valence-corrected chi connectivity index (χ0v) is 16.5. The van der Waals surface area contributed by atoms with Gasteiger partial charge in [0.05, 0.1) is 22.9 Å². The number of nitrogens with zero attached hydrogens (tertiary/aromatic N) is 2. The molecule has 1 aromatic carbocycles. The molecule has 3 aromatic rings. The minimum atomic E-state index is -0.571. The molecule has 140 valence electrons. The minimum absolute atomic E-state index is 0.375. The van der Waals surface area contributed by atoms with E-state index in [0.29, 0.717) is 10.7 Å². The molecule has 0 aliphatic rings. The molecule has 5 nitrogen and oxygen atoms in total. The fraction of sp³-hybridized carbons (Fsp3) is 0.286. The topological polar surface area (TPSA) is 64.1 Å². The van der Waals surface area contributed by atoms with E-state index in [2.05, 4.69) is 10.3 Å². The summed E-state index contributed by atoms with van der Waals surface area (Å²) in [5.74, 6) is 0. The lowest BCUT2D eigenvalue weighted by Crippen LogP contribution is -2.34. The zero-order chi connectivity index (χ0) is 19.6. The Hall–Kier alpha value is -2.66. The predicted octanol–water partition coefficient (Wildman–Crippen LogP) is 5.54. The van der Waals surface area contributed by atoms with Gasteiger partial charge < -0.3 is 10.1 Å². The third kappa shape index (κ3) is 4.55. The summed E-state index contributed by atoms with van der Waals surface area (Å²) in [4.78, 5) is 21.4. The van der Waals surface area contributed by atoms with Crippen LogP contribution in [0.1, 0.15) is 39.4 Å². The number of amides is 1. The van der Waals surface area contributed by atoms with Gasteiger partial charge in [0.15, 0.2) is 0 Å². The van der Waals surface area contributed by atoms with Crippen molar-refractivity contribution in [2.45, 2.75) is 39.3 Å². The Balaban J connectivity index is 2.06. The minimum Gasteiger partial charge on any atom is -0.444 e. The fourth-order valence-corrected chi connectivity index (χ4v) is 3.01. The summed E-state index contributed by atoms with van der Waals surface area (Å²) in [6, 6.07) is 12.8. The molecule has 0 saturated carbocycles. The van der Waals surface area contributed by atoms with Crippen LogP contribution in [0.15, 0.2) is 48.7 Å². The van der Waals surface area contributed by atoms with Crippen molar-refractivity contribution < 1.29 is 9.53 Å². The first-order chi connectivity index (χ1) is 12.7. The highest BCUT2D eigenvalue weighted by atomic mass is 35.5. The number of carbonyl (C=O) groups is 1. The third-order valence-electron chi connectivity index (χ3n) is 3.92. The van der Waals surface area contributed by atoms with E-state index in [1.54, 1.807) is 6.20 Å². The van der Waals surface area contributed by atoms with Crippen molar-refractivity contribution in [2.75, 3.05) is 0 Å². The molecule has 1 atom stereocenters. The highest BCUT2D eigenvalue weighted by Gasteiger charge is 2.22. The van der Waals surface area contributed by atoms with E-state index in [1.165, 1.54) is 0 Å².